The molecule has 0 saturated carbocycles. The minimum Gasteiger partial charge on any atom is -0.444 e. The molecule has 0 spiro atoms. The molecular formula is C15H31N5O4. The molecule has 9 heteroatoms. The van der Waals surface area contributed by atoms with Gasteiger partial charge in [0.1, 0.15) is 12.1 Å². The Morgan fingerprint density at radius 1 is 1.00 bits per heavy atom. The van der Waals surface area contributed by atoms with Gasteiger partial charge in [0, 0.05) is 33.3 Å². The van der Waals surface area contributed by atoms with Crippen LogP contribution in [-0.2, 0) is 14.3 Å². The molecule has 0 aliphatic rings. The number of nitrogens with one attached hydrogen (secondary N) is 4. The van der Waals surface area contributed by atoms with Gasteiger partial charge in [-0.2, -0.15) is 0 Å². The van der Waals surface area contributed by atoms with Crippen LogP contribution in [0, 0.1) is 0 Å². The lowest BCUT2D eigenvalue weighted by molar-refractivity contribution is -0.119. The number of nitrogens with zero attached hydrogens (tertiary/aromatic N) is 1. The lowest BCUT2D eigenvalue weighted by Crippen LogP contribution is -2.43. The molecule has 24 heavy (non-hydrogen) atoms. The van der Waals surface area contributed by atoms with Gasteiger partial charge in [-0.3, -0.25) is 4.79 Å². The number of carbonyl (C=O) groups is 2. The molecule has 0 aliphatic carbocycles. The summed E-state index contributed by atoms with van der Waals surface area (Å²) in [5.41, 5.74) is -0.524. The van der Waals surface area contributed by atoms with Gasteiger partial charge in [-0.1, -0.05) is 0 Å². The number of hydrogen-bond donors (Lipinski definition) is 4. The molecule has 0 saturated heterocycles. The maximum Gasteiger partial charge on any atom is 0.407 e. The minimum absolute atomic E-state index is 0.0124. The molecule has 0 rings (SSSR count). The van der Waals surface area contributed by atoms with E-state index in [4.69, 9.17) is 9.47 Å². The van der Waals surface area contributed by atoms with Crippen molar-refractivity contribution in [3.05, 3.63) is 0 Å². The normalized spacial score (nSPS) is 11.6. The van der Waals surface area contributed by atoms with Gasteiger partial charge in [0.15, 0.2) is 5.96 Å². The van der Waals surface area contributed by atoms with Gasteiger partial charge in [0.2, 0.25) is 5.91 Å². The van der Waals surface area contributed by atoms with E-state index in [0.717, 1.165) is 0 Å². The first-order chi connectivity index (χ1) is 11.3. The monoisotopic (exact) mass is 345 g/mol. The Balaban J connectivity index is 4.08. The average Bonchev–Trinajstić information content (AvgIpc) is 2.47. The van der Waals surface area contributed by atoms with E-state index in [0.29, 0.717) is 38.7 Å². The SMILES string of the molecule is CCNC(=NCC(=O)NCCOC)NCCNC(=O)OC(C)(C)C. The summed E-state index contributed by atoms with van der Waals surface area (Å²) in [6, 6.07) is 0. The molecule has 0 atom stereocenters. The highest BCUT2D eigenvalue weighted by Gasteiger charge is 2.15. The molecule has 0 radical (unpaired) electrons. The number of carbonyl (C=O) groups excluding carboxylic acids is 2. The van der Waals surface area contributed by atoms with Crippen molar-refractivity contribution in [2.24, 2.45) is 4.99 Å². The fourth-order valence-corrected chi connectivity index (χ4v) is 1.50. The lowest BCUT2D eigenvalue weighted by atomic mass is 10.2. The van der Waals surface area contributed by atoms with Crippen LogP contribution in [0.15, 0.2) is 4.99 Å². The maximum absolute atomic E-state index is 11.6. The van der Waals surface area contributed by atoms with Crippen LogP contribution in [0.25, 0.3) is 0 Å². The molecule has 2 amide bonds. The quantitative estimate of drug-likeness (QED) is 0.262. The summed E-state index contributed by atoms with van der Waals surface area (Å²) in [7, 11) is 1.57. The fourth-order valence-electron chi connectivity index (χ4n) is 1.50. The van der Waals surface area contributed by atoms with Crippen LogP contribution in [0.1, 0.15) is 27.7 Å². The summed E-state index contributed by atoms with van der Waals surface area (Å²) >= 11 is 0. The number of rotatable bonds is 9. The number of aliphatic imine (C=N–C) groups is 1. The molecule has 0 unspecified atom stereocenters. The Morgan fingerprint density at radius 3 is 2.25 bits per heavy atom. The second kappa shape index (κ2) is 12.4. The first-order valence-electron chi connectivity index (χ1n) is 8.03. The van der Waals surface area contributed by atoms with Crippen LogP contribution in [0.2, 0.25) is 0 Å². The average molecular weight is 345 g/mol. The van der Waals surface area contributed by atoms with Crippen LogP contribution < -0.4 is 21.3 Å². The third-order valence-electron chi connectivity index (χ3n) is 2.44. The van der Waals surface area contributed by atoms with E-state index in [1.807, 2.05) is 6.92 Å². The van der Waals surface area contributed by atoms with Crippen molar-refractivity contribution in [1.29, 1.82) is 0 Å². The smallest absolute Gasteiger partial charge is 0.407 e. The van der Waals surface area contributed by atoms with Gasteiger partial charge in [0.05, 0.1) is 6.61 Å². The Bertz CT molecular complexity index is 407. The summed E-state index contributed by atoms with van der Waals surface area (Å²) in [6.07, 6.45) is -0.469. The summed E-state index contributed by atoms with van der Waals surface area (Å²) in [6.45, 7) is 9.76. The summed E-state index contributed by atoms with van der Waals surface area (Å²) in [5, 5.41) is 11.4. The van der Waals surface area contributed by atoms with Crippen molar-refractivity contribution >= 4 is 18.0 Å². The zero-order chi connectivity index (χ0) is 18.4. The van der Waals surface area contributed by atoms with Gasteiger partial charge in [-0.15, -0.1) is 0 Å². The largest absolute Gasteiger partial charge is 0.444 e. The van der Waals surface area contributed by atoms with Crippen molar-refractivity contribution in [2.45, 2.75) is 33.3 Å². The third-order valence-corrected chi connectivity index (χ3v) is 2.44. The minimum atomic E-state index is -0.524. The van der Waals surface area contributed by atoms with E-state index in [2.05, 4.69) is 26.3 Å². The van der Waals surface area contributed by atoms with Crippen molar-refractivity contribution in [3.63, 3.8) is 0 Å². The van der Waals surface area contributed by atoms with Crippen LogP contribution in [-0.4, -0.2) is 70.0 Å². The van der Waals surface area contributed by atoms with Crippen molar-refractivity contribution < 1.29 is 19.1 Å². The molecule has 0 aromatic carbocycles. The molecule has 0 aromatic rings. The highest BCUT2D eigenvalue weighted by Crippen LogP contribution is 2.05. The molecule has 4 N–H and O–H groups in total. The predicted molar refractivity (Wildman–Crippen MR) is 93.1 cm³/mol. The van der Waals surface area contributed by atoms with Crippen LogP contribution in [0.5, 0.6) is 0 Å². The molecule has 0 bridgehead atoms. The molecular weight excluding hydrogens is 314 g/mol. The second-order valence-electron chi connectivity index (χ2n) is 5.89. The molecule has 9 nitrogen and oxygen atoms in total. The first kappa shape index (κ1) is 22.0. The first-order valence-corrected chi connectivity index (χ1v) is 8.03. The fraction of sp³-hybridized carbons (Fsp3) is 0.800. The van der Waals surface area contributed by atoms with Crippen molar-refractivity contribution in [3.8, 4) is 0 Å². The Kier molecular flexibility index (Phi) is 11.4. The topological polar surface area (TPSA) is 113 Å². The Morgan fingerprint density at radius 2 is 1.67 bits per heavy atom. The van der Waals surface area contributed by atoms with E-state index in [1.54, 1.807) is 27.9 Å². The van der Waals surface area contributed by atoms with Gasteiger partial charge in [0.25, 0.3) is 0 Å². The predicted octanol–water partition coefficient (Wildman–Crippen LogP) is -0.171. The van der Waals surface area contributed by atoms with E-state index in [1.165, 1.54) is 0 Å². The van der Waals surface area contributed by atoms with Gasteiger partial charge < -0.3 is 30.7 Å². The number of hydrogen-bond acceptors (Lipinski definition) is 5. The Hall–Kier alpha value is -2.03. The molecule has 0 aliphatic heterocycles. The van der Waals surface area contributed by atoms with Crippen LogP contribution >= 0.6 is 0 Å². The standard InChI is InChI=1S/C15H31N5O4/c1-6-16-13(20-11-12(21)17-9-10-23-5)18-7-8-19-14(22)24-15(2,3)4/h6-11H2,1-5H3,(H,17,21)(H,19,22)(H2,16,18,20). The van der Waals surface area contributed by atoms with E-state index in [-0.39, 0.29) is 12.5 Å². The molecule has 0 fully saturated rings. The number of amides is 2. The highest BCUT2D eigenvalue weighted by atomic mass is 16.6. The van der Waals surface area contributed by atoms with E-state index in [9.17, 15) is 9.59 Å². The van der Waals surface area contributed by atoms with Crippen molar-refractivity contribution in [1.82, 2.24) is 21.3 Å². The lowest BCUT2D eigenvalue weighted by Gasteiger charge is -2.19. The van der Waals surface area contributed by atoms with E-state index < -0.39 is 11.7 Å². The molecule has 0 heterocycles. The molecule has 0 aromatic heterocycles. The maximum atomic E-state index is 11.6. The van der Waals surface area contributed by atoms with Gasteiger partial charge >= 0.3 is 6.09 Å². The summed E-state index contributed by atoms with van der Waals surface area (Å²) in [4.78, 5) is 27.2. The molecule has 140 valence electrons. The van der Waals surface area contributed by atoms with Crippen LogP contribution in [0.4, 0.5) is 4.79 Å². The summed E-state index contributed by atoms with van der Waals surface area (Å²) in [5.74, 6) is 0.321. The Labute approximate surface area is 143 Å². The number of guanidine groups is 1. The van der Waals surface area contributed by atoms with E-state index >= 15 is 0 Å². The van der Waals surface area contributed by atoms with Crippen molar-refractivity contribution in [2.75, 3.05) is 46.4 Å². The second-order valence-corrected chi connectivity index (χ2v) is 5.89. The van der Waals surface area contributed by atoms with Gasteiger partial charge in [-0.25, -0.2) is 9.79 Å². The summed E-state index contributed by atoms with van der Waals surface area (Å²) < 4.78 is 9.98. The number of alkyl carbamates (subject to hydrolysis) is 1. The highest BCUT2D eigenvalue weighted by molar-refractivity contribution is 5.84. The zero-order valence-electron chi connectivity index (χ0n) is 15.3. The third kappa shape index (κ3) is 13.6. The van der Waals surface area contributed by atoms with Crippen LogP contribution in [0.3, 0.4) is 0 Å². The zero-order valence-corrected chi connectivity index (χ0v) is 15.3. The number of methoxy groups -OCH3 is 1. The van der Waals surface area contributed by atoms with Gasteiger partial charge in [-0.05, 0) is 27.7 Å². The number of ether oxygens (including phenoxy) is 2.